The second-order valence-electron chi connectivity index (χ2n) is 15.9. The molecule has 0 aliphatic rings. The summed E-state index contributed by atoms with van der Waals surface area (Å²) in [7, 11) is 0. The zero-order chi connectivity index (χ0) is 36.6. The number of hydrogen-bond acceptors (Lipinski definition) is 4. The third kappa shape index (κ3) is 5.86. The van der Waals surface area contributed by atoms with Gasteiger partial charge in [0.15, 0.2) is 0 Å². The molecule has 0 unspecified atom stereocenters. The molecule has 3 heterocycles. The van der Waals surface area contributed by atoms with Crippen molar-refractivity contribution in [2.75, 3.05) is 0 Å². The monoisotopic (exact) mass is 901 g/mol. The maximum Gasteiger partial charge on any atom is 0.148 e. The molecular formula is C48H40N3OPtS-. The smallest absolute Gasteiger partial charge is 0.148 e. The number of hydrogen-bond donors (Lipinski definition) is 1. The summed E-state index contributed by atoms with van der Waals surface area (Å²) in [6.07, 6.45) is 1.86. The van der Waals surface area contributed by atoms with Crippen molar-refractivity contribution in [3.8, 4) is 45.1 Å². The first-order valence-corrected chi connectivity index (χ1v) is 19.0. The number of pyridine rings is 1. The summed E-state index contributed by atoms with van der Waals surface area (Å²) in [5.41, 5.74) is 10.2. The quantitative estimate of drug-likeness (QED) is 0.179. The van der Waals surface area contributed by atoms with Gasteiger partial charge in [0, 0.05) is 48.6 Å². The van der Waals surface area contributed by atoms with Gasteiger partial charge in [-0.1, -0.05) is 154 Å². The Balaban J connectivity index is 0.00000413. The molecule has 1 N–H and O–H groups in total. The normalized spacial score (nSPS) is 12.2. The van der Waals surface area contributed by atoms with E-state index in [1.807, 2.05) is 18.3 Å². The number of para-hydroxylation sites is 2. The van der Waals surface area contributed by atoms with E-state index in [4.69, 9.17) is 9.97 Å². The number of phenols is 1. The van der Waals surface area contributed by atoms with Gasteiger partial charge in [0.1, 0.15) is 11.6 Å². The molecule has 0 fully saturated rings. The second kappa shape index (κ2) is 13.3. The molecule has 9 aromatic rings. The minimum atomic E-state index is -0.301. The van der Waals surface area contributed by atoms with Crippen molar-refractivity contribution in [3.05, 3.63) is 145 Å². The Bertz CT molecular complexity index is 2870. The second-order valence-corrected chi connectivity index (χ2v) is 17.0. The first-order valence-electron chi connectivity index (χ1n) is 18.2. The average Bonchev–Trinajstić information content (AvgIpc) is 3.73. The maximum atomic E-state index is 12.3. The van der Waals surface area contributed by atoms with Crippen LogP contribution >= 0.6 is 11.3 Å². The van der Waals surface area contributed by atoms with Gasteiger partial charge in [-0.05, 0) is 57.0 Å². The Kier molecular flexibility index (Phi) is 8.87. The van der Waals surface area contributed by atoms with Crippen LogP contribution in [0.25, 0.3) is 81.4 Å². The van der Waals surface area contributed by atoms with E-state index in [1.165, 1.54) is 10.1 Å². The van der Waals surface area contributed by atoms with Gasteiger partial charge in [0.2, 0.25) is 0 Å². The SMILES string of the molecule is CC(C)(C)c1cc(-c2nc3c(-c4[c-]c5c6ncccc6sc5c5ccccc45)cccc3n2-c2ccccc2-c2ccccc2)c(O)c(C(C)(C)C)c1.[Pt]. The summed E-state index contributed by atoms with van der Waals surface area (Å²) in [6.45, 7) is 13.1. The van der Waals surface area contributed by atoms with Crippen LogP contribution in [-0.2, 0) is 31.9 Å². The number of imidazole rings is 1. The molecule has 0 saturated heterocycles. The zero-order valence-corrected chi connectivity index (χ0v) is 34.2. The largest absolute Gasteiger partial charge is 0.507 e. The molecule has 0 saturated carbocycles. The van der Waals surface area contributed by atoms with E-state index in [-0.39, 0.29) is 37.6 Å². The molecule has 0 atom stereocenters. The van der Waals surface area contributed by atoms with Crippen molar-refractivity contribution in [1.29, 1.82) is 0 Å². The first kappa shape index (κ1) is 35.9. The molecule has 0 aliphatic heterocycles. The number of benzene rings is 6. The number of thiophene rings is 1. The van der Waals surface area contributed by atoms with Crippen LogP contribution < -0.4 is 0 Å². The molecule has 0 aliphatic carbocycles. The third-order valence-corrected chi connectivity index (χ3v) is 11.5. The predicted octanol–water partition coefficient (Wildman–Crippen LogP) is 13.0. The summed E-state index contributed by atoms with van der Waals surface area (Å²) in [6, 6.07) is 46.3. The first-order chi connectivity index (χ1) is 25.5. The average molecular weight is 902 g/mol. The summed E-state index contributed by atoms with van der Waals surface area (Å²) in [5, 5.41) is 15.6. The molecule has 3 aromatic heterocycles. The minimum Gasteiger partial charge on any atom is -0.507 e. The standard InChI is InChI=1S/C48H40N3OS.Pt/c1-47(2,3)30-26-37(44(52)38(27-30)48(4,5)6)46-50-42-33(21-14-23-40(42)51(46)39-22-13-12-18-31(39)29-16-8-7-9-17-29)35-28-36-43-41(24-15-25-49-43)53-45(36)34-20-11-10-19-32(34)35;/h7-27,52H,1-6H3;/q-1;. The molecule has 6 aromatic carbocycles. The Hall–Kier alpha value is -5.09. The van der Waals surface area contributed by atoms with Gasteiger partial charge in [-0.15, -0.1) is 11.6 Å². The van der Waals surface area contributed by atoms with Gasteiger partial charge < -0.3 is 5.11 Å². The van der Waals surface area contributed by atoms with Crippen molar-refractivity contribution >= 4 is 53.4 Å². The van der Waals surface area contributed by atoms with Crippen LogP contribution in [0.4, 0.5) is 0 Å². The van der Waals surface area contributed by atoms with Gasteiger partial charge >= 0.3 is 0 Å². The van der Waals surface area contributed by atoms with Crippen LogP contribution in [0.5, 0.6) is 5.75 Å². The Morgan fingerprint density at radius 3 is 2.13 bits per heavy atom. The summed E-state index contributed by atoms with van der Waals surface area (Å²) >= 11 is 1.77. The van der Waals surface area contributed by atoms with Crippen molar-refractivity contribution in [2.45, 2.75) is 52.4 Å². The topological polar surface area (TPSA) is 50.9 Å². The van der Waals surface area contributed by atoms with Gasteiger partial charge in [0.25, 0.3) is 0 Å². The minimum absolute atomic E-state index is 0. The maximum absolute atomic E-state index is 12.3. The molecule has 54 heavy (non-hydrogen) atoms. The van der Waals surface area contributed by atoms with E-state index in [2.05, 4.69) is 161 Å². The summed E-state index contributed by atoms with van der Waals surface area (Å²) < 4.78 is 4.58. The van der Waals surface area contributed by atoms with E-state index in [1.54, 1.807) is 11.3 Å². The van der Waals surface area contributed by atoms with E-state index >= 15 is 0 Å². The van der Waals surface area contributed by atoms with Crippen LogP contribution in [0.2, 0.25) is 0 Å². The molecule has 0 bridgehead atoms. The number of nitrogens with zero attached hydrogens (tertiary/aromatic N) is 3. The van der Waals surface area contributed by atoms with Crippen LogP contribution in [0.3, 0.4) is 0 Å². The Morgan fingerprint density at radius 1 is 0.667 bits per heavy atom. The van der Waals surface area contributed by atoms with Crippen molar-refractivity contribution < 1.29 is 26.2 Å². The number of phenolic OH excluding ortho intramolecular Hbond substituents is 1. The fourth-order valence-corrected chi connectivity index (χ4v) is 8.76. The van der Waals surface area contributed by atoms with Crippen LogP contribution in [0.1, 0.15) is 52.7 Å². The summed E-state index contributed by atoms with van der Waals surface area (Å²) in [4.78, 5) is 10.4. The number of aromatic nitrogens is 3. The molecular weight excluding hydrogens is 862 g/mol. The number of aromatic hydroxyl groups is 1. The van der Waals surface area contributed by atoms with E-state index < -0.39 is 0 Å². The zero-order valence-electron chi connectivity index (χ0n) is 31.1. The van der Waals surface area contributed by atoms with Gasteiger partial charge in [-0.3, -0.25) is 9.55 Å². The number of fused-ring (bicyclic) bond motifs is 6. The van der Waals surface area contributed by atoms with Crippen molar-refractivity contribution in [1.82, 2.24) is 14.5 Å². The molecule has 0 spiro atoms. The van der Waals surface area contributed by atoms with Gasteiger partial charge in [-0.2, -0.15) is 11.3 Å². The van der Waals surface area contributed by atoms with Crippen LogP contribution in [0, 0.1) is 6.07 Å². The van der Waals surface area contributed by atoms with Crippen LogP contribution in [-0.4, -0.2) is 19.6 Å². The van der Waals surface area contributed by atoms with E-state index in [0.29, 0.717) is 11.4 Å². The third-order valence-electron chi connectivity index (χ3n) is 10.3. The summed E-state index contributed by atoms with van der Waals surface area (Å²) in [5.74, 6) is 0.952. The molecule has 0 radical (unpaired) electrons. The van der Waals surface area contributed by atoms with Crippen LogP contribution in [0.15, 0.2) is 128 Å². The Morgan fingerprint density at radius 2 is 1.37 bits per heavy atom. The van der Waals surface area contributed by atoms with Gasteiger partial charge in [0.05, 0.1) is 22.3 Å². The van der Waals surface area contributed by atoms with Gasteiger partial charge in [-0.25, -0.2) is 4.98 Å². The predicted molar refractivity (Wildman–Crippen MR) is 223 cm³/mol. The number of rotatable bonds is 4. The molecule has 4 nitrogen and oxygen atoms in total. The molecule has 6 heteroatoms. The Labute approximate surface area is 334 Å². The fourth-order valence-electron chi connectivity index (χ4n) is 7.60. The van der Waals surface area contributed by atoms with E-state index in [9.17, 15) is 5.11 Å². The van der Waals surface area contributed by atoms with E-state index in [0.717, 1.165) is 71.1 Å². The van der Waals surface area contributed by atoms with Crippen molar-refractivity contribution in [3.63, 3.8) is 0 Å². The molecule has 0 amide bonds. The van der Waals surface area contributed by atoms with Crippen molar-refractivity contribution in [2.24, 2.45) is 0 Å². The molecule has 270 valence electrons. The molecule has 9 rings (SSSR count). The fraction of sp³-hybridized carbons (Fsp3) is 0.167.